The first kappa shape index (κ1) is 18.0. The zero-order chi connectivity index (χ0) is 19.7. The zero-order valence-electron chi connectivity index (χ0n) is 16.1. The summed E-state index contributed by atoms with van der Waals surface area (Å²) in [6.45, 7) is 2.40. The topological polar surface area (TPSA) is 85.9 Å². The summed E-state index contributed by atoms with van der Waals surface area (Å²) in [4.78, 5) is 13.3. The Morgan fingerprint density at radius 1 is 1.21 bits per heavy atom. The third-order valence-corrected chi connectivity index (χ3v) is 5.12. The Kier molecular flexibility index (Phi) is 4.70. The van der Waals surface area contributed by atoms with E-state index in [-0.39, 0.29) is 0 Å². The van der Waals surface area contributed by atoms with Gasteiger partial charge in [-0.25, -0.2) is 4.98 Å². The van der Waals surface area contributed by atoms with Gasteiger partial charge in [0.2, 0.25) is 5.88 Å². The van der Waals surface area contributed by atoms with E-state index in [1.54, 1.807) is 25.6 Å². The molecule has 0 radical (unpaired) electrons. The summed E-state index contributed by atoms with van der Waals surface area (Å²) in [6, 6.07) is 9.79. The van der Waals surface area contributed by atoms with Crippen molar-refractivity contribution in [2.24, 2.45) is 13.0 Å². The van der Waals surface area contributed by atoms with Crippen molar-refractivity contribution in [3.05, 3.63) is 53.9 Å². The lowest BCUT2D eigenvalue weighted by atomic mass is 10.2. The number of nitrogens with zero attached hydrogens (tertiary/aromatic N) is 5. The monoisotopic (exact) mass is 375 g/mol. The molecule has 7 nitrogen and oxygen atoms in total. The molecule has 142 valence electrons. The Labute approximate surface area is 163 Å². The van der Waals surface area contributed by atoms with Crippen LogP contribution in [-0.4, -0.2) is 33.2 Å². The minimum absolute atomic E-state index is 0.400. The summed E-state index contributed by atoms with van der Waals surface area (Å²) in [6.07, 6.45) is 4.55. The largest absolute Gasteiger partial charge is 0.495 e. The first-order valence-corrected chi connectivity index (χ1v) is 9.13. The molecule has 0 bridgehead atoms. The van der Waals surface area contributed by atoms with Crippen LogP contribution < -0.4 is 9.47 Å². The molecule has 28 heavy (non-hydrogen) atoms. The maximum absolute atomic E-state index is 9.20. The predicted octanol–water partition coefficient (Wildman–Crippen LogP) is 3.25. The van der Waals surface area contributed by atoms with E-state index in [0.29, 0.717) is 35.8 Å². The molecular weight excluding hydrogens is 354 g/mol. The smallest absolute Gasteiger partial charge is 0.226 e. The highest BCUT2D eigenvalue weighted by atomic mass is 16.5. The quantitative estimate of drug-likeness (QED) is 0.657. The SMILES string of the molecule is COc1ccc([C@@H]2CC2COc2nc(C)ncc2-c2ccc(C#N)n2C)nc1. The van der Waals surface area contributed by atoms with E-state index in [9.17, 15) is 5.26 Å². The van der Waals surface area contributed by atoms with Crippen LogP contribution in [0.1, 0.15) is 29.6 Å². The maximum atomic E-state index is 9.20. The zero-order valence-corrected chi connectivity index (χ0v) is 16.1. The van der Waals surface area contributed by atoms with Gasteiger partial charge < -0.3 is 14.0 Å². The van der Waals surface area contributed by atoms with Gasteiger partial charge in [-0.15, -0.1) is 0 Å². The van der Waals surface area contributed by atoms with Gasteiger partial charge in [-0.1, -0.05) is 0 Å². The normalized spacial score (nSPS) is 17.8. The van der Waals surface area contributed by atoms with E-state index in [1.165, 1.54) is 0 Å². The van der Waals surface area contributed by atoms with Crippen molar-refractivity contribution in [3.8, 4) is 29.0 Å². The fourth-order valence-corrected chi connectivity index (χ4v) is 3.34. The molecule has 1 unspecified atom stereocenters. The third-order valence-electron chi connectivity index (χ3n) is 5.12. The lowest BCUT2D eigenvalue weighted by Crippen LogP contribution is -2.07. The van der Waals surface area contributed by atoms with E-state index in [2.05, 4.69) is 21.0 Å². The van der Waals surface area contributed by atoms with E-state index < -0.39 is 0 Å². The molecule has 1 fully saturated rings. The number of aromatic nitrogens is 4. The molecular formula is C21H21N5O2. The van der Waals surface area contributed by atoms with Crippen molar-refractivity contribution < 1.29 is 9.47 Å². The average Bonchev–Trinajstić information content (AvgIpc) is 3.41. The van der Waals surface area contributed by atoms with Crippen LogP contribution in [-0.2, 0) is 7.05 Å². The summed E-state index contributed by atoms with van der Waals surface area (Å²) < 4.78 is 13.1. The van der Waals surface area contributed by atoms with Crippen molar-refractivity contribution >= 4 is 0 Å². The number of ether oxygens (including phenoxy) is 2. The van der Waals surface area contributed by atoms with Gasteiger partial charge in [0.25, 0.3) is 0 Å². The number of hydrogen-bond donors (Lipinski definition) is 0. The van der Waals surface area contributed by atoms with Gasteiger partial charge in [-0.2, -0.15) is 10.2 Å². The molecule has 3 aromatic rings. The van der Waals surface area contributed by atoms with Gasteiger partial charge >= 0.3 is 0 Å². The van der Waals surface area contributed by atoms with Crippen LogP contribution in [0.25, 0.3) is 11.3 Å². The molecule has 1 saturated carbocycles. The summed E-state index contributed by atoms with van der Waals surface area (Å²) in [5.41, 5.74) is 3.29. The second kappa shape index (κ2) is 7.31. The number of methoxy groups -OCH3 is 1. The number of aryl methyl sites for hydroxylation is 1. The molecule has 1 aliphatic carbocycles. The van der Waals surface area contributed by atoms with Crippen molar-refractivity contribution in [2.45, 2.75) is 19.3 Å². The molecule has 1 aliphatic rings. The number of hydrogen-bond acceptors (Lipinski definition) is 6. The van der Waals surface area contributed by atoms with Crippen LogP contribution in [0.4, 0.5) is 0 Å². The van der Waals surface area contributed by atoms with E-state index >= 15 is 0 Å². The van der Waals surface area contributed by atoms with Gasteiger partial charge in [0.1, 0.15) is 23.3 Å². The van der Waals surface area contributed by atoms with Crippen molar-refractivity contribution in [3.63, 3.8) is 0 Å². The third kappa shape index (κ3) is 3.41. The maximum Gasteiger partial charge on any atom is 0.226 e. The highest BCUT2D eigenvalue weighted by molar-refractivity contribution is 5.66. The lowest BCUT2D eigenvalue weighted by Gasteiger charge is -2.12. The number of rotatable bonds is 6. The minimum Gasteiger partial charge on any atom is -0.495 e. The van der Waals surface area contributed by atoms with Gasteiger partial charge in [0.05, 0.1) is 31.2 Å². The Bertz CT molecular complexity index is 1040. The summed E-state index contributed by atoms with van der Waals surface area (Å²) in [7, 11) is 3.49. The summed E-state index contributed by atoms with van der Waals surface area (Å²) >= 11 is 0. The molecule has 0 saturated heterocycles. The number of nitriles is 1. The second-order valence-corrected chi connectivity index (χ2v) is 6.95. The van der Waals surface area contributed by atoms with Crippen LogP contribution in [0.3, 0.4) is 0 Å². The minimum atomic E-state index is 0.400. The van der Waals surface area contributed by atoms with Crippen LogP contribution in [0, 0.1) is 24.2 Å². The summed E-state index contributed by atoms with van der Waals surface area (Å²) in [5, 5.41) is 9.20. The van der Waals surface area contributed by atoms with Crippen LogP contribution in [0.2, 0.25) is 0 Å². The highest BCUT2D eigenvalue weighted by Gasteiger charge is 2.40. The van der Waals surface area contributed by atoms with Gasteiger partial charge in [-0.3, -0.25) is 4.98 Å². The first-order chi connectivity index (χ1) is 13.6. The van der Waals surface area contributed by atoms with E-state index in [4.69, 9.17) is 9.47 Å². The Hall–Kier alpha value is -3.40. The fraction of sp³-hybridized carbons (Fsp3) is 0.333. The second-order valence-electron chi connectivity index (χ2n) is 6.95. The highest BCUT2D eigenvalue weighted by Crippen LogP contribution is 2.47. The van der Waals surface area contributed by atoms with Crippen molar-refractivity contribution in [2.75, 3.05) is 13.7 Å². The number of pyridine rings is 1. The molecule has 2 atom stereocenters. The molecule has 0 amide bonds. The van der Waals surface area contributed by atoms with Crippen molar-refractivity contribution in [1.82, 2.24) is 19.5 Å². The first-order valence-electron chi connectivity index (χ1n) is 9.13. The molecule has 0 aromatic carbocycles. The molecule has 0 spiro atoms. The van der Waals surface area contributed by atoms with Gasteiger partial charge in [0.15, 0.2) is 0 Å². The van der Waals surface area contributed by atoms with Crippen LogP contribution in [0.5, 0.6) is 11.6 Å². The van der Waals surface area contributed by atoms with Gasteiger partial charge in [-0.05, 0) is 37.6 Å². The molecule has 4 rings (SSSR count). The predicted molar refractivity (Wildman–Crippen MR) is 103 cm³/mol. The summed E-state index contributed by atoms with van der Waals surface area (Å²) in [5.74, 6) is 2.77. The Balaban J connectivity index is 1.49. The average molecular weight is 375 g/mol. The fourth-order valence-electron chi connectivity index (χ4n) is 3.34. The molecule has 3 heterocycles. The standard InChI is InChI=1S/C21H21N5O2/c1-13-23-11-18(20-7-4-15(9-22)26(20)2)21(25-13)28-12-14-8-17(14)19-6-5-16(27-3)10-24-19/h4-7,10-11,14,17H,8,12H2,1-3H3/t14?,17-/m1/s1. The lowest BCUT2D eigenvalue weighted by molar-refractivity contribution is 0.285. The van der Waals surface area contributed by atoms with E-state index in [0.717, 1.165) is 29.1 Å². The molecule has 7 heteroatoms. The molecule has 3 aromatic heterocycles. The Morgan fingerprint density at radius 2 is 2.07 bits per heavy atom. The molecule has 0 aliphatic heterocycles. The van der Waals surface area contributed by atoms with Crippen molar-refractivity contribution in [1.29, 1.82) is 5.26 Å². The van der Waals surface area contributed by atoms with Crippen LogP contribution >= 0.6 is 0 Å². The Morgan fingerprint density at radius 3 is 2.75 bits per heavy atom. The van der Waals surface area contributed by atoms with Gasteiger partial charge in [0, 0.05) is 30.8 Å². The van der Waals surface area contributed by atoms with E-state index in [1.807, 2.05) is 36.7 Å². The van der Waals surface area contributed by atoms with Crippen LogP contribution in [0.15, 0.2) is 36.7 Å². The molecule has 0 N–H and O–H groups in total.